The van der Waals surface area contributed by atoms with Crippen molar-refractivity contribution >= 4 is 38.5 Å². The van der Waals surface area contributed by atoms with Crippen molar-refractivity contribution in [2.24, 2.45) is 4.40 Å². The van der Waals surface area contributed by atoms with Crippen LogP contribution in [0.2, 0.25) is 0 Å². The Kier molecular flexibility index (Phi) is 6.41. The van der Waals surface area contributed by atoms with E-state index in [1.807, 2.05) is 32.0 Å². The van der Waals surface area contributed by atoms with Gasteiger partial charge >= 0.3 is 0 Å². The molecule has 3 rings (SSSR count). The molecule has 0 unspecified atom stereocenters. The second-order valence-corrected chi connectivity index (χ2v) is 9.31. The lowest BCUT2D eigenvalue weighted by molar-refractivity contribution is -0.119. The van der Waals surface area contributed by atoms with Crippen LogP contribution in [0.3, 0.4) is 0 Å². The second kappa shape index (κ2) is 8.79. The Balaban J connectivity index is 1.51. The van der Waals surface area contributed by atoms with E-state index >= 15 is 0 Å². The van der Waals surface area contributed by atoms with Gasteiger partial charge in [0.2, 0.25) is 5.91 Å². The van der Waals surface area contributed by atoms with E-state index in [4.69, 9.17) is 0 Å². The molecule has 8 heteroatoms. The minimum atomic E-state index is -3.75. The summed E-state index contributed by atoms with van der Waals surface area (Å²) < 4.78 is 28.4. The SMILES string of the molecule is Cc1ccc2c(c1)NC(SCC(=O)N[C@H](C)CCc1ccccc1)=NS2(=O)=O. The van der Waals surface area contributed by atoms with Crippen LogP contribution in [0, 0.1) is 6.92 Å². The van der Waals surface area contributed by atoms with Gasteiger partial charge in [-0.3, -0.25) is 4.79 Å². The normalized spacial score (nSPS) is 15.7. The number of carbonyl (C=O) groups excluding carboxylic acids is 1. The zero-order valence-corrected chi connectivity index (χ0v) is 17.4. The summed E-state index contributed by atoms with van der Waals surface area (Å²) in [5.41, 5.74) is 2.67. The third-order valence-corrected chi connectivity index (χ3v) is 6.64. The molecular formula is C20H23N3O3S2. The largest absolute Gasteiger partial charge is 0.353 e. The molecule has 28 heavy (non-hydrogen) atoms. The van der Waals surface area contributed by atoms with E-state index in [0.717, 1.165) is 30.2 Å². The highest BCUT2D eigenvalue weighted by Gasteiger charge is 2.25. The highest BCUT2D eigenvalue weighted by atomic mass is 32.2. The van der Waals surface area contributed by atoms with Crippen LogP contribution in [-0.2, 0) is 21.2 Å². The molecule has 0 aromatic heterocycles. The van der Waals surface area contributed by atoms with Crippen LogP contribution in [0.25, 0.3) is 0 Å². The monoisotopic (exact) mass is 417 g/mol. The fraction of sp³-hybridized carbons (Fsp3) is 0.300. The predicted octanol–water partition coefficient (Wildman–Crippen LogP) is 3.34. The second-order valence-electron chi connectivity index (χ2n) is 6.78. The van der Waals surface area contributed by atoms with Crippen LogP contribution >= 0.6 is 11.8 Å². The van der Waals surface area contributed by atoms with Crippen molar-refractivity contribution in [1.82, 2.24) is 5.32 Å². The highest BCUT2D eigenvalue weighted by Crippen LogP contribution is 2.30. The van der Waals surface area contributed by atoms with Gasteiger partial charge in [-0.15, -0.1) is 4.40 Å². The topological polar surface area (TPSA) is 87.6 Å². The first-order valence-electron chi connectivity index (χ1n) is 9.02. The summed E-state index contributed by atoms with van der Waals surface area (Å²) in [6.45, 7) is 3.85. The Labute approximate surface area is 169 Å². The lowest BCUT2D eigenvalue weighted by Gasteiger charge is -2.18. The zero-order valence-electron chi connectivity index (χ0n) is 15.8. The number of nitrogens with one attached hydrogen (secondary N) is 2. The Hall–Kier alpha value is -2.32. The molecule has 1 atom stereocenters. The molecule has 0 saturated carbocycles. The summed E-state index contributed by atoms with van der Waals surface area (Å²) in [4.78, 5) is 12.4. The summed E-state index contributed by atoms with van der Waals surface area (Å²) in [6.07, 6.45) is 1.72. The zero-order chi connectivity index (χ0) is 20.1. The maximum atomic E-state index is 12.3. The van der Waals surface area contributed by atoms with Gasteiger partial charge in [0.25, 0.3) is 10.0 Å². The number of nitrogens with zero attached hydrogens (tertiary/aromatic N) is 1. The highest BCUT2D eigenvalue weighted by molar-refractivity contribution is 8.15. The van der Waals surface area contributed by atoms with Crippen LogP contribution < -0.4 is 10.6 Å². The number of benzene rings is 2. The third kappa shape index (κ3) is 5.36. The van der Waals surface area contributed by atoms with E-state index in [9.17, 15) is 13.2 Å². The number of amidine groups is 1. The molecule has 2 N–H and O–H groups in total. The van der Waals surface area contributed by atoms with Crippen molar-refractivity contribution in [2.45, 2.75) is 37.6 Å². The van der Waals surface area contributed by atoms with Gasteiger partial charge in [0.1, 0.15) is 4.90 Å². The van der Waals surface area contributed by atoms with Gasteiger partial charge in [-0.25, -0.2) is 0 Å². The first kappa shape index (κ1) is 20.4. The van der Waals surface area contributed by atoms with E-state index < -0.39 is 10.0 Å². The van der Waals surface area contributed by atoms with Gasteiger partial charge in [0.15, 0.2) is 5.17 Å². The predicted molar refractivity (Wildman–Crippen MR) is 114 cm³/mol. The molecule has 2 aromatic carbocycles. The molecule has 0 saturated heterocycles. The number of anilines is 1. The smallest absolute Gasteiger partial charge is 0.286 e. The van der Waals surface area contributed by atoms with E-state index in [2.05, 4.69) is 27.2 Å². The lowest BCUT2D eigenvalue weighted by atomic mass is 10.1. The number of rotatable bonds is 6. The van der Waals surface area contributed by atoms with E-state index in [0.29, 0.717) is 5.69 Å². The van der Waals surface area contributed by atoms with E-state index in [1.54, 1.807) is 18.2 Å². The standard InChI is InChI=1S/C20H23N3O3S2/c1-14-8-11-18-17(12-14)22-20(23-28(18,25)26)27-13-19(24)21-15(2)9-10-16-6-4-3-5-7-16/h3-8,11-12,15H,9-10,13H2,1-2H3,(H,21,24)(H,22,23)/t15-/m1/s1. The summed E-state index contributed by atoms with van der Waals surface area (Å²) in [6, 6.07) is 15.2. The Morgan fingerprint density at radius 2 is 1.96 bits per heavy atom. The molecule has 1 aliphatic rings. The van der Waals surface area contributed by atoms with Crippen molar-refractivity contribution in [3.8, 4) is 0 Å². The first-order chi connectivity index (χ1) is 13.3. The van der Waals surface area contributed by atoms with Crippen LogP contribution in [-0.4, -0.2) is 31.3 Å². The molecule has 0 radical (unpaired) electrons. The number of fused-ring (bicyclic) bond motifs is 1. The van der Waals surface area contributed by atoms with Gasteiger partial charge in [-0.2, -0.15) is 8.42 Å². The quantitative estimate of drug-likeness (QED) is 0.753. The van der Waals surface area contributed by atoms with Gasteiger partial charge < -0.3 is 10.6 Å². The Bertz CT molecular complexity index is 989. The number of hydrogen-bond donors (Lipinski definition) is 2. The van der Waals surface area contributed by atoms with Crippen LogP contribution in [0.4, 0.5) is 5.69 Å². The van der Waals surface area contributed by atoms with Crippen LogP contribution in [0.15, 0.2) is 57.8 Å². The van der Waals surface area contributed by atoms with E-state index in [-0.39, 0.29) is 27.8 Å². The van der Waals surface area contributed by atoms with Gasteiger partial charge in [-0.1, -0.05) is 48.2 Å². The average molecular weight is 418 g/mol. The molecule has 0 aliphatic carbocycles. The number of sulfonamides is 1. The average Bonchev–Trinajstić information content (AvgIpc) is 2.64. The Morgan fingerprint density at radius 3 is 2.71 bits per heavy atom. The lowest BCUT2D eigenvalue weighted by Crippen LogP contribution is -2.34. The minimum absolute atomic E-state index is 0.0293. The van der Waals surface area contributed by atoms with Gasteiger partial charge in [-0.05, 0) is 49.9 Å². The minimum Gasteiger partial charge on any atom is -0.353 e. The number of carbonyl (C=O) groups is 1. The molecule has 1 heterocycles. The summed E-state index contributed by atoms with van der Waals surface area (Å²) in [5, 5.41) is 6.16. The summed E-state index contributed by atoms with van der Waals surface area (Å²) >= 11 is 1.08. The third-order valence-electron chi connectivity index (χ3n) is 4.31. The molecule has 0 bridgehead atoms. The van der Waals surface area contributed by atoms with E-state index in [1.165, 1.54) is 5.56 Å². The number of hydrogen-bond acceptors (Lipinski definition) is 5. The number of aryl methyl sites for hydroxylation is 2. The molecule has 148 valence electrons. The molecule has 0 spiro atoms. The van der Waals surface area contributed by atoms with Gasteiger partial charge in [0.05, 0.1) is 11.4 Å². The fourth-order valence-electron chi connectivity index (χ4n) is 2.88. The van der Waals surface area contributed by atoms with Crippen molar-refractivity contribution < 1.29 is 13.2 Å². The first-order valence-corrected chi connectivity index (χ1v) is 11.4. The number of thioether (sulfide) groups is 1. The summed E-state index contributed by atoms with van der Waals surface area (Å²) in [5.74, 6) is -0.0550. The maximum absolute atomic E-state index is 12.3. The summed E-state index contributed by atoms with van der Waals surface area (Å²) in [7, 11) is -3.75. The fourth-order valence-corrected chi connectivity index (χ4v) is 4.90. The molecule has 0 fully saturated rings. The number of amides is 1. The van der Waals surface area contributed by atoms with Crippen molar-refractivity contribution in [2.75, 3.05) is 11.1 Å². The van der Waals surface area contributed by atoms with Crippen molar-refractivity contribution in [3.05, 3.63) is 59.7 Å². The molecule has 1 aliphatic heterocycles. The van der Waals surface area contributed by atoms with Crippen molar-refractivity contribution in [3.63, 3.8) is 0 Å². The van der Waals surface area contributed by atoms with Crippen LogP contribution in [0.5, 0.6) is 0 Å². The van der Waals surface area contributed by atoms with Gasteiger partial charge in [0, 0.05) is 6.04 Å². The molecule has 1 amide bonds. The van der Waals surface area contributed by atoms with Crippen molar-refractivity contribution in [1.29, 1.82) is 0 Å². The maximum Gasteiger partial charge on any atom is 0.286 e. The molecule has 6 nitrogen and oxygen atoms in total. The molecule has 2 aromatic rings. The molecular weight excluding hydrogens is 394 g/mol. The van der Waals surface area contributed by atoms with Crippen LogP contribution in [0.1, 0.15) is 24.5 Å². The Morgan fingerprint density at radius 1 is 1.21 bits per heavy atom.